The number of rotatable bonds is 5. The van der Waals surface area contributed by atoms with E-state index in [2.05, 4.69) is 14.9 Å². The van der Waals surface area contributed by atoms with E-state index in [1.807, 2.05) is 12.3 Å². The van der Waals surface area contributed by atoms with Gasteiger partial charge in [-0.05, 0) is 55.8 Å². The zero-order chi connectivity index (χ0) is 14.5. The van der Waals surface area contributed by atoms with Crippen LogP contribution in [0.3, 0.4) is 0 Å². The molecule has 21 heavy (non-hydrogen) atoms. The van der Waals surface area contributed by atoms with Crippen LogP contribution >= 0.6 is 0 Å². The molecule has 0 amide bonds. The number of halogens is 1. The number of likely N-dealkylation sites (tertiary alicyclic amines) is 1. The molecule has 1 aliphatic rings. The van der Waals surface area contributed by atoms with Gasteiger partial charge < -0.3 is 4.98 Å². The topological polar surface area (TPSA) is 31.9 Å². The standard InChI is InChI=1S/C17H22FN3/c18-16-5-1-3-14(9-16)6-7-15-4-2-8-21(11-15)12-17-10-19-13-20-17/h1,3,5,9-10,13,15H,2,4,6-8,11-12H2,(H,19,20)/t15-/m0/s1. The van der Waals surface area contributed by atoms with Crippen LogP contribution < -0.4 is 0 Å². The van der Waals surface area contributed by atoms with Crippen molar-refractivity contribution in [1.82, 2.24) is 14.9 Å². The number of H-pyrrole nitrogens is 1. The van der Waals surface area contributed by atoms with Crippen molar-refractivity contribution in [2.75, 3.05) is 13.1 Å². The SMILES string of the molecule is Fc1cccc(CC[C@@H]2CCCN(Cc3cnc[nH]3)C2)c1. The first kappa shape index (κ1) is 14.3. The summed E-state index contributed by atoms with van der Waals surface area (Å²) in [5.41, 5.74) is 2.29. The van der Waals surface area contributed by atoms with Gasteiger partial charge in [0.25, 0.3) is 0 Å². The highest BCUT2D eigenvalue weighted by atomic mass is 19.1. The molecule has 1 atom stereocenters. The number of nitrogens with one attached hydrogen (secondary N) is 1. The van der Waals surface area contributed by atoms with Crippen LogP contribution in [0.4, 0.5) is 4.39 Å². The molecule has 0 saturated carbocycles. The van der Waals surface area contributed by atoms with Gasteiger partial charge in [0.2, 0.25) is 0 Å². The Balaban J connectivity index is 1.49. The molecule has 1 fully saturated rings. The number of aromatic amines is 1. The van der Waals surface area contributed by atoms with Gasteiger partial charge in [-0.1, -0.05) is 12.1 Å². The molecule has 1 aromatic carbocycles. The Morgan fingerprint density at radius 2 is 2.33 bits per heavy atom. The molecule has 1 aliphatic heterocycles. The average Bonchev–Trinajstić information content (AvgIpc) is 2.99. The monoisotopic (exact) mass is 287 g/mol. The number of aromatic nitrogens is 2. The molecule has 2 heterocycles. The minimum atomic E-state index is -0.128. The molecule has 3 nitrogen and oxygen atoms in total. The van der Waals surface area contributed by atoms with Crippen molar-refractivity contribution >= 4 is 0 Å². The summed E-state index contributed by atoms with van der Waals surface area (Å²) in [6.07, 6.45) is 8.29. The van der Waals surface area contributed by atoms with Crippen molar-refractivity contribution in [2.24, 2.45) is 5.92 Å². The molecule has 3 rings (SSSR count). The van der Waals surface area contributed by atoms with E-state index in [0.29, 0.717) is 5.92 Å². The van der Waals surface area contributed by atoms with Crippen LogP contribution in [0.1, 0.15) is 30.5 Å². The zero-order valence-electron chi connectivity index (χ0n) is 12.3. The summed E-state index contributed by atoms with van der Waals surface area (Å²) < 4.78 is 13.2. The smallest absolute Gasteiger partial charge is 0.123 e. The van der Waals surface area contributed by atoms with E-state index in [0.717, 1.165) is 38.0 Å². The lowest BCUT2D eigenvalue weighted by atomic mass is 9.91. The van der Waals surface area contributed by atoms with Gasteiger partial charge in [-0.3, -0.25) is 4.90 Å². The summed E-state index contributed by atoms with van der Waals surface area (Å²) in [7, 11) is 0. The molecule has 0 aliphatic carbocycles. The van der Waals surface area contributed by atoms with Gasteiger partial charge in [0.15, 0.2) is 0 Å². The van der Waals surface area contributed by atoms with E-state index in [-0.39, 0.29) is 5.82 Å². The number of hydrogen-bond donors (Lipinski definition) is 1. The van der Waals surface area contributed by atoms with E-state index in [1.165, 1.54) is 24.6 Å². The Morgan fingerprint density at radius 1 is 1.38 bits per heavy atom. The van der Waals surface area contributed by atoms with E-state index in [9.17, 15) is 4.39 Å². The minimum absolute atomic E-state index is 0.128. The number of benzene rings is 1. The Bertz CT molecular complexity index is 553. The second-order valence-corrected chi connectivity index (χ2v) is 5.99. The third-order valence-electron chi connectivity index (χ3n) is 4.28. The fourth-order valence-electron chi connectivity index (χ4n) is 3.21. The average molecular weight is 287 g/mol. The summed E-state index contributed by atoms with van der Waals surface area (Å²) in [6, 6.07) is 6.99. The van der Waals surface area contributed by atoms with Gasteiger partial charge in [0.05, 0.1) is 6.33 Å². The molecule has 1 aromatic heterocycles. The fraction of sp³-hybridized carbons (Fsp3) is 0.471. The molecule has 0 bridgehead atoms. The van der Waals surface area contributed by atoms with E-state index >= 15 is 0 Å². The molecule has 4 heteroatoms. The van der Waals surface area contributed by atoms with Crippen molar-refractivity contribution in [3.63, 3.8) is 0 Å². The van der Waals surface area contributed by atoms with Crippen molar-refractivity contribution in [1.29, 1.82) is 0 Å². The van der Waals surface area contributed by atoms with Gasteiger partial charge in [0, 0.05) is 25.0 Å². The van der Waals surface area contributed by atoms with Crippen molar-refractivity contribution in [2.45, 2.75) is 32.2 Å². The van der Waals surface area contributed by atoms with Crippen LogP contribution in [-0.4, -0.2) is 28.0 Å². The lowest BCUT2D eigenvalue weighted by molar-refractivity contribution is 0.160. The molecule has 1 saturated heterocycles. The number of hydrogen-bond acceptors (Lipinski definition) is 2. The van der Waals surface area contributed by atoms with Gasteiger partial charge in [-0.15, -0.1) is 0 Å². The van der Waals surface area contributed by atoms with Gasteiger partial charge >= 0.3 is 0 Å². The molecule has 0 spiro atoms. The molecule has 1 N–H and O–H groups in total. The summed E-state index contributed by atoms with van der Waals surface area (Å²) in [5, 5.41) is 0. The van der Waals surface area contributed by atoms with Crippen LogP contribution in [0, 0.1) is 11.7 Å². The van der Waals surface area contributed by atoms with Gasteiger partial charge in [-0.25, -0.2) is 9.37 Å². The fourth-order valence-corrected chi connectivity index (χ4v) is 3.21. The van der Waals surface area contributed by atoms with Crippen molar-refractivity contribution in [3.05, 3.63) is 53.9 Å². The summed E-state index contributed by atoms with van der Waals surface area (Å²) in [6.45, 7) is 3.25. The minimum Gasteiger partial charge on any atom is -0.347 e. The predicted molar refractivity (Wildman–Crippen MR) is 81.3 cm³/mol. The quantitative estimate of drug-likeness (QED) is 0.914. The Labute approximate surface area is 125 Å². The summed E-state index contributed by atoms with van der Waals surface area (Å²) >= 11 is 0. The van der Waals surface area contributed by atoms with Crippen LogP contribution in [-0.2, 0) is 13.0 Å². The maximum absolute atomic E-state index is 13.2. The van der Waals surface area contributed by atoms with E-state index < -0.39 is 0 Å². The number of nitrogens with zero attached hydrogens (tertiary/aromatic N) is 2. The van der Waals surface area contributed by atoms with Crippen LogP contribution in [0.2, 0.25) is 0 Å². The van der Waals surface area contributed by atoms with E-state index in [4.69, 9.17) is 0 Å². The molecule has 112 valence electrons. The molecular weight excluding hydrogens is 265 g/mol. The number of piperidine rings is 1. The third kappa shape index (κ3) is 4.14. The second-order valence-electron chi connectivity index (χ2n) is 5.99. The molecule has 2 aromatic rings. The molecular formula is C17H22FN3. The highest BCUT2D eigenvalue weighted by Crippen LogP contribution is 2.22. The lowest BCUT2D eigenvalue weighted by Crippen LogP contribution is -2.35. The maximum Gasteiger partial charge on any atom is 0.123 e. The summed E-state index contributed by atoms with van der Waals surface area (Å²) in [5.74, 6) is 0.585. The van der Waals surface area contributed by atoms with Crippen LogP contribution in [0.25, 0.3) is 0 Å². The summed E-state index contributed by atoms with van der Waals surface area (Å²) in [4.78, 5) is 9.74. The Kier molecular flexibility index (Phi) is 4.65. The first-order valence-electron chi connectivity index (χ1n) is 7.73. The molecule has 0 unspecified atom stereocenters. The number of imidazole rings is 1. The van der Waals surface area contributed by atoms with Gasteiger partial charge in [0.1, 0.15) is 5.82 Å². The highest BCUT2D eigenvalue weighted by Gasteiger charge is 2.20. The first-order valence-corrected chi connectivity index (χ1v) is 7.73. The number of aryl methyl sites for hydroxylation is 1. The zero-order valence-corrected chi connectivity index (χ0v) is 12.3. The normalized spacial score (nSPS) is 19.8. The van der Waals surface area contributed by atoms with Crippen molar-refractivity contribution < 1.29 is 4.39 Å². The van der Waals surface area contributed by atoms with Gasteiger partial charge in [-0.2, -0.15) is 0 Å². The van der Waals surface area contributed by atoms with Crippen LogP contribution in [0.15, 0.2) is 36.8 Å². The highest BCUT2D eigenvalue weighted by molar-refractivity contribution is 5.16. The largest absolute Gasteiger partial charge is 0.347 e. The Morgan fingerprint density at radius 3 is 3.14 bits per heavy atom. The third-order valence-corrected chi connectivity index (χ3v) is 4.28. The predicted octanol–water partition coefficient (Wildman–Crippen LogP) is 3.39. The second kappa shape index (κ2) is 6.85. The first-order chi connectivity index (χ1) is 10.3. The molecule has 0 radical (unpaired) electrons. The van der Waals surface area contributed by atoms with E-state index in [1.54, 1.807) is 18.5 Å². The maximum atomic E-state index is 13.2. The van der Waals surface area contributed by atoms with Crippen LogP contribution in [0.5, 0.6) is 0 Å². The van der Waals surface area contributed by atoms with Crippen molar-refractivity contribution in [3.8, 4) is 0 Å². The Hall–Kier alpha value is -1.68. The lowest BCUT2D eigenvalue weighted by Gasteiger charge is -2.32.